The number of halogens is 3. The van der Waals surface area contributed by atoms with Crippen molar-refractivity contribution in [2.45, 2.75) is 6.18 Å². The fraction of sp³-hybridized carbons (Fsp3) is 0.143. The Bertz CT molecular complexity index is 563. The summed E-state index contributed by atoms with van der Waals surface area (Å²) < 4.78 is 41.6. The quantitative estimate of drug-likeness (QED) is 0.556. The summed E-state index contributed by atoms with van der Waals surface area (Å²) in [4.78, 5) is 9.33. The topological polar surface area (TPSA) is 82.1 Å². The van der Waals surface area contributed by atoms with Crippen molar-refractivity contribution >= 4 is 16.7 Å². The number of nitro benzene ring substituents is 1. The van der Waals surface area contributed by atoms with Gasteiger partial charge in [0.25, 0.3) is 5.69 Å². The minimum atomic E-state index is -4.82. The Balaban J connectivity index is 2.77. The molecule has 0 unspecified atom stereocenters. The predicted octanol–water partition coefficient (Wildman–Crippen LogP) is 2.15. The summed E-state index contributed by atoms with van der Waals surface area (Å²) in [6.45, 7) is 0. The zero-order chi connectivity index (χ0) is 11.9. The molecule has 0 saturated heterocycles. The highest BCUT2D eigenvalue weighted by Gasteiger charge is 2.39. The second-order valence-electron chi connectivity index (χ2n) is 2.88. The molecule has 0 N–H and O–H groups in total. The molecule has 1 aromatic carbocycles. The van der Waals surface area contributed by atoms with Crippen molar-refractivity contribution in [1.29, 1.82) is 0 Å². The van der Waals surface area contributed by atoms with E-state index in [1.54, 1.807) is 0 Å². The lowest BCUT2D eigenvalue weighted by atomic mass is 10.1. The van der Waals surface area contributed by atoms with E-state index >= 15 is 0 Å². The van der Waals surface area contributed by atoms with E-state index in [1.165, 1.54) is 0 Å². The van der Waals surface area contributed by atoms with Gasteiger partial charge in [-0.2, -0.15) is 13.2 Å². The van der Waals surface area contributed by atoms with Gasteiger partial charge in [-0.05, 0) is 16.4 Å². The first-order chi connectivity index (χ1) is 7.39. The first-order valence-electron chi connectivity index (χ1n) is 3.87. The van der Waals surface area contributed by atoms with Crippen molar-refractivity contribution in [3.05, 3.63) is 27.8 Å². The van der Waals surface area contributed by atoms with E-state index in [1.807, 2.05) is 0 Å². The van der Waals surface area contributed by atoms with E-state index in [0.717, 1.165) is 0 Å². The fourth-order valence-corrected chi connectivity index (χ4v) is 1.20. The highest BCUT2D eigenvalue weighted by atomic mass is 19.4. The summed E-state index contributed by atoms with van der Waals surface area (Å²) >= 11 is 0. The maximum Gasteiger partial charge on any atom is 0.423 e. The lowest BCUT2D eigenvalue weighted by molar-refractivity contribution is -0.387. The number of hydrogen-bond donors (Lipinski definition) is 0. The molecular formula is C7H2F3N3O3. The van der Waals surface area contributed by atoms with Crippen LogP contribution in [0.3, 0.4) is 0 Å². The monoisotopic (exact) mass is 233 g/mol. The van der Waals surface area contributed by atoms with Crippen LogP contribution >= 0.6 is 0 Å². The van der Waals surface area contributed by atoms with Crippen LogP contribution in [0.1, 0.15) is 5.56 Å². The number of alkyl halides is 3. The lowest BCUT2D eigenvalue weighted by Crippen LogP contribution is -2.08. The highest BCUT2D eigenvalue weighted by Crippen LogP contribution is 2.37. The third kappa shape index (κ3) is 1.55. The summed E-state index contributed by atoms with van der Waals surface area (Å²) in [5.74, 6) is 0. The van der Waals surface area contributed by atoms with Crippen LogP contribution in [-0.4, -0.2) is 15.2 Å². The fourth-order valence-electron chi connectivity index (χ4n) is 1.20. The number of benzene rings is 1. The van der Waals surface area contributed by atoms with Gasteiger partial charge in [-0.25, -0.2) is 4.63 Å². The molecule has 2 rings (SSSR count). The van der Waals surface area contributed by atoms with Crippen LogP contribution in [0.5, 0.6) is 0 Å². The van der Waals surface area contributed by atoms with Crippen LogP contribution in [0.15, 0.2) is 16.8 Å². The van der Waals surface area contributed by atoms with Crippen molar-refractivity contribution in [1.82, 2.24) is 10.3 Å². The second kappa shape index (κ2) is 3.15. The zero-order valence-corrected chi connectivity index (χ0v) is 7.35. The summed E-state index contributed by atoms with van der Waals surface area (Å²) in [5.41, 5.74) is -2.73. The maximum absolute atomic E-state index is 12.5. The smallest absolute Gasteiger partial charge is 0.258 e. The molecule has 0 spiro atoms. The van der Waals surface area contributed by atoms with Crippen molar-refractivity contribution in [3.63, 3.8) is 0 Å². The maximum atomic E-state index is 12.5. The Hall–Kier alpha value is -2.19. The molecule has 0 radical (unpaired) electrons. The van der Waals surface area contributed by atoms with E-state index < -0.39 is 22.4 Å². The number of nitrogens with zero attached hydrogens (tertiary/aromatic N) is 3. The van der Waals surface area contributed by atoms with E-state index in [2.05, 4.69) is 14.9 Å². The third-order valence-corrected chi connectivity index (χ3v) is 1.87. The molecular weight excluding hydrogens is 231 g/mol. The molecule has 0 aliphatic heterocycles. The molecule has 0 atom stereocenters. The molecule has 2 aromatic rings. The van der Waals surface area contributed by atoms with E-state index in [4.69, 9.17) is 0 Å². The number of fused-ring (bicyclic) bond motifs is 1. The Kier molecular flexibility index (Phi) is 2.04. The Morgan fingerprint density at radius 2 is 1.81 bits per heavy atom. The first kappa shape index (κ1) is 10.3. The van der Waals surface area contributed by atoms with Gasteiger partial charge in [0.15, 0.2) is 0 Å². The standard InChI is InChI=1S/C7H2F3N3O3/c8-7(9,10)3-1-4-5(12-16-11-4)2-6(3)13(14)15/h1-2H. The van der Waals surface area contributed by atoms with Gasteiger partial charge in [-0.1, -0.05) is 0 Å². The van der Waals surface area contributed by atoms with Crippen LogP contribution in [0.4, 0.5) is 18.9 Å². The highest BCUT2D eigenvalue weighted by molar-refractivity contribution is 5.78. The molecule has 0 aliphatic rings. The van der Waals surface area contributed by atoms with E-state index in [9.17, 15) is 23.3 Å². The number of hydrogen-bond acceptors (Lipinski definition) is 5. The normalized spacial score (nSPS) is 11.9. The van der Waals surface area contributed by atoms with Crippen LogP contribution in [-0.2, 0) is 6.18 Å². The number of nitro groups is 1. The molecule has 16 heavy (non-hydrogen) atoms. The Morgan fingerprint density at radius 1 is 1.25 bits per heavy atom. The molecule has 1 heterocycles. The molecule has 0 bridgehead atoms. The summed E-state index contributed by atoms with van der Waals surface area (Å²) in [6, 6.07) is 1.21. The van der Waals surface area contributed by atoms with Gasteiger partial charge in [-0.3, -0.25) is 10.1 Å². The summed E-state index contributed by atoms with van der Waals surface area (Å²) in [6.07, 6.45) is -4.82. The number of aromatic nitrogens is 2. The van der Waals surface area contributed by atoms with Gasteiger partial charge in [-0.15, -0.1) is 0 Å². The first-order valence-corrected chi connectivity index (χ1v) is 3.87. The van der Waals surface area contributed by atoms with Crippen molar-refractivity contribution in [2.24, 2.45) is 0 Å². The minimum absolute atomic E-state index is 0.0975. The van der Waals surface area contributed by atoms with Crippen molar-refractivity contribution in [2.75, 3.05) is 0 Å². The number of rotatable bonds is 1. The summed E-state index contributed by atoms with van der Waals surface area (Å²) in [7, 11) is 0. The predicted molar refractivity (Wildman–Crippen MR) is 43.5 cm³/mol. The van der Waals surface area contributed by atoms with E-state index in [0.29, 0.717) is 12.1 Å². The molecule has 9 heteroatoms. The van der Waals surface area contributed by atoms with Gasteiger partial charge >= 0.3 is 6.18 Å². The van der Waals surface area contributed by atoms with Gasteiger partial charge in [0.2, 0.25) is 0 Å². The second-order valence-corrected chi connectivity index (χ2v) is 2.88. The average Bonchev–Trinajstić information content (AvgIpc) is 2.60. The molecule has 0 aliphatic carbocycles. The van der Waals surface area contributed by atoms with Crippen molar-refractivity contribution in [3.8, 4) is 0 Å². The molecule has 0 amide bonds. The average molecular weight is 233 g/mol. The Labute approximate surface area is 84.8 Å². The van der Waals surface area contributed by atoms with Crippen LogP contribution < -0.4 is 0 Å². The molecule has 0 fully saturated rings. The lowest BCUT2D eigenvalue weighted by Gasteiger charge is -2.05. The van der Waals surface area contributed by atoms with Crippen LogP contribution in [0, 0.1) is 10.1 Å². The van der Waals surface area contributed by atoms with Gasteiger partial charge in [0.05, 0.1) is 4.92 Å². The van der Waals surface area contributed by atoms with Gasteiger partial charge in [0, 0.05) is 6.07 Å². The van der Waals surface area contributed by atoms with Crippen LogP contribution in [0.25, 0.3) is 11.0 Å². The van der Waals surface area contributed by atoms with Crippen molar-refractivity contribution < 1.29 is 22.7 Å². The molecule has 1 aromatic heterocycles. The van der Waals surface area contributed by atoms with Gasteiger partial charge in [0.1, 0.15) is 16.6 Å². The molecule has 84 valence electrons. The van der Waals surface area contributed by atoms with Gasteiger partial charge < -0.3 is 0 Å². The minimum Gasteiger partial charge on any atom is -0.258 e. The molecule has 6 nitrogen and oxygen atoms in total. The molecule has 0 saturated carbocycles. The van der Waals surface area contributed by atoms with E-state index in [-0.39, 0.29) is 11.0 Å². The van der Waals surface area contributed by atoms with Crippen LogP contribution in [0.2, 0.25) is 0 Å². The SMILES string of the molecule is O=[N+]([O-])c1cc2nonc2cc1C(F)(F)F. The largest absolute Gasteiger partial charge is 0.423 e. The third-order valence-electron chi connectivity index (χ3n) is 1.87. The Morgan fingerprint density at radius 3 is 2.31 bits per heavy atom. The zero-order valence-electron chi connectivity index (χ0n) is 7.35. The summed E-state index contributed by atoms with van der Waals surface area (Å²) in [5, 5.41) is 16.9.